The number of ether oxygens (including phenoxy) is 1. The van der Waals surface area contributed by atoms with E-state index in [2.05, 4.69) is 10.4 Å². The lowest BCUT2D eigenvalue weighted by Crippen LogP contribution is -2.45. The van der Waals surface area contributed by atoms with Gasteiger partial charge in [-0.3, -0.25) is 14.3 Å². The minimum Gasteiger partial charge on any atom is -0.467 e. The van der Waals surface area contributed by atoms with Crippen molar-refractivity contribution in [1.29, 1.82) is 0 Å². The van der Waals surface area contributed by atoms with E-state index in [0.717, 1.165) is 11.3 Å². The Kier molecular flexibility index (Phi) is 6.09. The van der Waals surface area contributed by atoms with Gasteiger partial charge in [-0.05, 0) is 12.5 Å². The highest BCUT2D eigenvalue weighted by Crippen LogP contribution is 2.10. The van der Waals surface area contributed by atoms with Gasteiger partial charge in [0.05, 0.1) is 12.8 Å². The molecule has 8 heteroatoms. The summed E-state index contributed by atoms with van der Waals surface area (Å²) < 4.78 is 6.36. The van der Waals surface area contributed by atoms with E-state index in [-0.39, 0.29) is 12.8 Å². The van der Waals surface area contributed by atoms with Crippen LogP contribution in [0.3, 0.4) is 0 Å². The standard InChI is InChI=1S/C14H22N4O4/c1-8(5-12(15)19)13(20)16-11(14(21)22-4)6-10-7-18(3)17-9(10)2/h7-8,11H,5-6H2,1-4H3,(H2,15,19)(H,16,20). The summed E-state index contributed by atoms with van der Waals surface area (Å²) >= 11 is 0. The van der Waals surface area contributed by atoms with E-state index in [9.17, 15) is 14.4 Å². The van der Waals surface area contributed by atoms with Crippen LogP contribution in [0, 0.1) is 12.8 Å². The normalized spacial score (nSPS) is 13.3. The molecule has 0 fully saturated rings. The van der Waals surface area contributed by atoms with Crippen molar-refractivity contribution in [3.05, 3.63) is 17.5 Å². The molecule has 2 atom stereocenters. The Morgan fingerprint density at radius 1 is 1.45 bits per heavy atom. The van der Waals surface area contributed by atoms with Gasteiger partial charge in [0.25, 0.3) is 0 Å². The van der Waals surface area contributed by atoms with Crippen LogP contribution in [0.15, 0.2) is 6.20 Å². The third-order valence-electron chi connectivity index (χ3n) is 3.30. The number of carbonyl (C=O) groups excluding carboxylic acids is 3. The minimum atomic E-state index is -0.837. The molecule has 0 aliphatic carbocycles. The number of primary amides is 1. The fourth-order valence-corrected chi connectivity index (χ4v) is 2.11. The molecule has 1 heterocycles. The molecule has 8 nitrogen and oxygen atoms in total. The minimum absolute atomic E-state index is 0.0777. The number of amides is 2. The number of aromatic nitrogens is 2. The first-order chi connectivity index (χ1) is 10.2. The quantitative estimate of drug-likeness (QED) is 0.655. The van der Waals surface area contributed by atoms with Gasteiger partial charge < -0.3 is 15.8 Å². The van der Waals surface area contributed by atoms with E-state index in [1.807, 2.05) is 6.92 Å². The fraction of sp³-hybridized carbons (Fsp3) is 0.571. The van der Waals surface area contributed by atoms with Crippen molar-refractivity contribution < 1.29 is 19.1 Å². The van der Waals surface area contributed by atoms with Crippen LogP contribution in [0.4, 0.5) is 0 Å². The third-order valence-corrected chi connectivity index (χ3v) is 3.30. The van der Waals surface area contributed by atoms with Gasteiger partial charge >= 0.3 is 5.97 Å². The van der Waals surface area contributed by atoms with Crippen LogP contribution < -0.4 is 11.1 Å². The lowest BCUT2D eigenvalue weighted by Gasteiger charge is -2.18. The number of nitrogens with one attached hydrogen (secondary N) is 1. The first kappa shape index (κ1) is 17.7. The van der Waals surface area contributed by atoms with Crippen LogP contribution in [-0.2, 0) is 32.6 Å². The summed E-state index contributed by atoms with van der Waals surface area (Å²) in [6.07, 6.45) is 1.97. The predicted molar refractivity (Wildman–Crippen MR) is 78.6 cm³/mol. The number of rotatable bonds is 7. The largest absolute Gasteiger partial charge is 0.467 e. The maximum Gasteiger partial charge on any atom is 0.328 e. The molecule has 0 saturated carbocycles. The SMILES string of the molecule is COC(=O)C(Cc1cn(C)nc1C)NC(=O)C(C)CC(N)=O. The average molecular weight is 310 g/mol. The molecule has 1 rings (SSSR count). The average Bonchev–Trinajstić information content (AvgIpc) is 2.74. The van der Waals surface area contributed by atoms with Gasteiger partial charge in [-0.2, -0.15) is 5.10 Å². The molecule has 1 aromatic heterocycles. The molecule has 0 bridgehead atoms. The van der Waals surface area contributed by atoms with Gasteiger partial charge in [0.2, 0.25) is 11.8 Å². The molecule has 0 aromatic carbocycles. The monoisotopic (exact) mass is 310 g/mol. The molecule has 0 saturated heterocycles. The molecular weight excluding hydrogens is 288 g/mol. The second-order valence-electron chi connectivity index (χ2n) is 5.27. The number of nitrogens with zero attached hydrogens (tertiary/aromatic N) is 2. The highest BCUT2D eigenvalue weighted by atomic mass is 16.5. The number of carbonyl (C=O) groups is 3. The second-order valence-corrected chi connectivity index (χ2v) is 5.27. The van der Waals surface area contributed by atoms with Crippen molar-refractivity contribution in [3.63, 3.8) is 0 Å². The highest BCUT2D eigenvalue weighted by Gasteiger charge is 2.26. The van der Waals surface area contributed by atoms with Crippen LogP contribution in [0.25, 0.3) is 0 Å². The van der Waals surface area contributed by atoms with Gasteiger partial charge in [0.15, 0.2) is 0 Å². The van der Waals surface area contributed by atoms with E-state index in [1.54, 1.807) is 24.9 Å². The molecule has 122 valence electrons. The Morgan fingerprint density at radius 2 is 2.09 bits per heavy atom. The van der Waals surface area contributed by atoms with E-state index in [1.165, 1.54) is 7.11 Å². The Bertz CT molecular complexity index is 567. The highest BCUT2D eigenvalue weighted by molar-refractivity contribution is 5.88. The molecule has 3 N–H and O–H groups in total. The van der Waals surface area contributed by atoms with Crippen LogP contribution in [0.2, 0.25) is 0 Å². The van der Waals surface area contributed by atoms with E-state index in [4.69, 9.17) is 10.5 Å². The maximum absolute atomic E-state index is 12.0. The van der Waals surface area contributed by atoms with Crippen molar-refractivity contribution in [2.24, 2.45) is 18.7 Å². The Hall–Kier alpha value is -2.38. The zero-order valence-corrected chi connectivity index (χ0v) is 13.3. The van der Waals surface area contributed by atoms with Crippen molar-refractivity contribution in [2.45, 2.75) is 32.7 Å². The molecule has 1 aromatic rings. The maximum atomic E-state index is 12.0. The van der Waals surface area contributed by atoms with Gasteiger partial charge in [0, 0.05) is 32.0 Å². The Morgan fingerprint density at radius 3 is 2.55 bits per heavy atom. The van der Waals surface area contributed by atoms with Crippen LogP contribution in [0.5, 0.6) is 0 Å². The molecule has 0 spiro atoms. The first-order valence-electron chi connectivity index (χ1n) is 6.90. The van der Waals surface area contributed by atoms with Crippen molar-refractivity contribution in [2.75, 3.05) is 7.11 Å². The predicted octanol–water partition coefficient (Wildman–Crippen LogP) is -0.560. The van der Waals surface area contributed by atoms with Crippen molar-refractivity contribution >= 4 is 17.8 Å². The molecule has 0 radical (unpaired) electrons. The fourth-order valence-electron chi connectivity index (χ4n) is 2.11. The Labute approximate surface area is 129 Å². The van der Waals surface area contributed by atoms with Gasteiger partial charge in [-0.1, -0.05) is 6.92 Å². The van der Waals surface area contributed by atoms with Gasteiger partial charge in [-0.15, -0.1) is 0 Å². The van der Waals surface area contributed by atoms with E-state index in [0.29, 0.717) is 0 Å². The number of methoxy groups -OCH3 is 1. The molecule has 2 unspecified atom stereocenters. The molecular formula is C14H22N4O4. The van der Waals surface area contributed by atoms with Crippen LogP contribution in [-0.4, -0.2) is 40.7 Å². The molecule has 0 aliphatic heterocycles. The van der Waals surface area contributed by atoms with E-state index >= 15 is 0 Å². The van der Waals surface area contributed by atoms with Gasteiger partial charge in [0.1, 0.15) is 6.04 Å². The zero-order chi connectivity index (χ0) is 16.9. The number of esters is 1. The summed E-state index contributed by atoms with van der Waals surface area (Å²) in [5, 5.41) is 6.79. The van der Waals surface area contributed by atoms with Gasteiger partial charge in [-0.25, -0.2) is 4.79 Å². The van der Waals surface area contributed by atoms with Crippen LogP contribution >= 0.6 is 0 Å². The topological polar surface area (TPSA) is 116 Å². The summed E-state index contributed by atoms with van der Waals surface area (Å²) in [6.45, 7) is 3.39. The van der Waals surface area contributed by atoms with Crippen molar-refractivity contribution in [1.82, 2.24) is 15.1 Å². The lowest BCUT2D eigenvalue weighted by atomic mass is 10.0. The summed E-state index contributed by atoms with van der Waals surface area (Å²) in [5.41, 5.74) is 6.68. The lowest BCUT2D eigenvalue weighted by molar-refractivity contribution is -0.145. The van der Waals surface area contributed by atoms with E-state index < -0.39 is 29.7 Å². The summed E-state index contributed by atoms with van der Waals surface area (Å²) in [7, 11) is 3.03. The molecule has 22 heavy (non-hydrogen) atoms. The Balaban J connectivity index is 2.81. The third kappa shape index (κ3) is 4.87. The number of hydrogen-bond acceptors (Lipinski definition) is 5. The first-order valence-corrected chi connectivity index (χ1v) is 6.90. The number of aryl methyl sites for hydroxylation is 2. The smallest absolute Gasteiger partial charge is 0.328 e. The van der Waals surface area contributed by atoms with Crippen molar-refractivity contribution in [3.8, 4) is 0 Å². The summed E-state index contributed by atoms with van der Waals surface area (Å²) in [6, 6.07) is -0.837. The molecule has 2 amide bonds. The number of nitrogens with two attached hydrogens (primary N) is 1. The summed E-state index contributed by atoms with van der Waals surface area (Å²) in [5.74, 6) is -2.15. The summed E-state index contributed by atoms with van der Waals surface area (Å²) in [4.78, 5) is 34.8. The molecule has 0 aliphatic rings. The number of hydrogen-bond donors (Lipinski definition) is 2. The zero-order valence-electron chi connectivity index (χ0n) is 13.3. The van der Waals surface area contributed by atoms with Crippen LogP contribution in [0.1, 0.15) is 24.6 Å². The second kappa shape index (κ2) is 7.58.